The predicted octanol–water partition coefficient (Wildman–Crippen LogP) is 3.85. The standard InChI is InChI=1S/C14H10ClFO3/c1-19-13-5-3-9(16)7-11(13)10-6-8(14(17)18)2-4-12(10)15/h2-7H,1H3,(H,17,18). The summed E-state index contributed by atoms with van der Waals surface area (Å²) in [5.41, 5.74) is 0.902. The number of methoxy groups -OCH3 is 1. The molecule has 2 aromatic carbocycles. The SMILES string of the molecule is COc1ccc(F)cc1-c1cc(C(=O)O)ccc1Cl. The molecule has 0 aromatic heterocycles. The van der Waals surface area contributed by atoms with Gasteiger partial charge in [0.05, 0.1) is 12.7 Å². The molecule has 0 fully saturated rings. The van der Waals surface area contributed by atoms with E-state index in [1.54, 1.807) is 0 Å². The van der Waals surface area contributed by atoms with Gasteiger partial charge in [-0.2, -0.15) is 0 Å². The third-order valence-corrected chi connectivity index (χ3v) is 2.99. The van der Waals surface area contributed by atoms with Crippen molar-refractivity contribution in [3.05, 3.63) is 52.8 Å². The lowest BCUT2D eigenvalue weighted by atomic mass is 10.0. The first-order valence-electron chi connectivity index (χ1n) is 5.39. The highest BCUT2D eigenvalue weighted by Gasteiger charge is 2.13. The summed E-state index contributed by atoms with van der Waals surface area (Å²) in [6.07, 6.45) is 0. The summed E-state index contributed by atoms with van der Waals surface area (Å²) in [5.74, 6) is -1.10. The Morgan fingerprint density at radius 1 is 1.21 bits per heavy atom. The van der Waals surface area contributed by atoms with Crippen LogP contribution in [0.2, 0.25) is 5.02 Å². The minimum Gasteiger partial charge on any atom is -0.496 e. The first kappa shape index (κ1) is 13.4. The van der Waals surface area contributed by atoms with E-state index >= 15 is 0 Å². The Bertz CT molecular complexity index is 641. The van der Waals surface area contributed by atoms with Crippen LogP contribution in [0.3, 0.4) is 0 Å². The van der Waals surface area contributed by atoms with Crippen molar-refractivity contribution in [1.29, 1.82) is 0 Å². The highest BCUT2D eigenvalue weighted by Crippen LogP contribution is 2.35. The smallest absolute Gasteiger partial charge is 0.335 e. The first-order chi connectivity index (χ1) is 9.02. The summed E-state index contributed by atoms with van der Waals surface area (Å²) < 4.78 is 18.5. The molecule has 0 saturated carbocycles. The second-order valence-corrected chi connectivity index (χ2v) is 4.25. The van der Waals surface area contributed by atoms with Gasteiger partial charge in [0.15, 0.2) is 0 Å². The fraction of sp³-hybridized carbons (Fsp3) is 0.0714. The highest BCUT2D eigenvalue weighted by atomic mass is 35.5. The summed E-state index contributed by atoms with van der Waals surface area (Å²) in [7, 11) is 1.45. The number of benzene rings is 2. The Balaban J connectivity index is 2.67. The normalized spacial score (nSPS) is 10.3. The second-order valence-electron chi connectivity index (χ2n) is 3.84. The maximum atomic E-state index is 13.3. The van der Waals surface area contributed by atoms with Gasteiger partial charge in [0, 0.05) is 16.1 Å². The van der Waals surface area contributed by atoms with Crippen LogP contribution in [0.1, 0.15) is 10.4 Å². The molecule has 19 heavy (non-hydrogen) atoms. The van der Waals surface area contributed by atoms with Gasteiger partial charge in [0.25, 0.3) is 0 Å². The fourth-order valence-electron chi connectivity index (χ4n) is 1.76. The molecule has 0 bridgehead atoms. The lowest BCUT2D eigenvalue weighted by Gasteiger charge is -2.11. The number of halogens is 2. The lowest BCUT2D eigenvalue weighted by molar-refractivity contribution is 0.0697. The molecule has 0 unspecified atom stereocenters. The Kier molecular flexibility index (Phi) is 3.71. The Morgan fingerprint density at radius 3 is 2.58 bits per heavy atom. The minimum absolute atomic E-state index is 0.0747. The van der Waals surface area contributed by atoms with Crippen molar-refractivity contribution in [2.75, 3.05) is 7.11 Å². The van der Waals surface area contributed by atoms with Crippen molar-refractivity contribution in [2.45, 2.75) is 0 Å². The van der Waals surface area contributed by atoms with Crippen molar-refractivity contribution in [3.63, 3.8) is 0 Å². The molecular formula is C14H10ClFO3. The molecule has 98 valence electrons. The molecule has 1 N–H and O–H groups in total. The zero-order chi connectivity index (χ0) is 14.0. The monoisotopic (exact) mass is 280 g/mol. The Morgan fingerprint density at radius 2 is 1.95 bits per heavy atom. The average molecular weight is 281 g/mol. The summed E-state index contributed by atoms with van der Waals surface area (Å²) in [6.45, 7) is 0. The second kappa shape index (κ2) is 5.28. The maximum absolute atomic E-state index is 13.3. The lowest BCUT2D eigenvalue weighted by Crippen LogP contribution is -1.97. The number of hydrogen-bond donors (Lipinski definition) is 1. The van der Waals surface area contributed by atoms with Gasteiger partial charge in [0.2, 0.25) is 0 Å². The average Bonchev–Trinajstić information content (AvgIpc) is 2.39. The van der Waals surface area contributed by atoms with E-state index in [0.717, 1.165) is 0 Å². The fourth-order valence-corrected chi connectivity index (χ4v) is 1.97. The zero-order valence-corrected chi connectivity index (χ0v) is 10.7. The number of carboxylic acid groups (broad SMARTS) is 1. The van der Waals surface area contributed by atoms with E-state index in [1.807, 2.05) is 0 Å². The van der Waals surface area contributed by atoms with E-state index in [-0.39, 0.29) is 5.56 Å². The van der Waals surface area contributed by atoms with Crippen molar-refractivity contribution in [1.82, 2.24) is 0 Å². The minimum atomic E-state index is -1.08. The molecule has 0 spiro atoms. The Labute approximate surface area is 114 Å². The van der Waals surface area contributed by atoms with E-state index in [1.165, 1.54) is 43.5 Å². The van der Waals surface area contributed by atoms with Gasteiger partial charge in [-0.15, -0.1) is 0 Å². The van der Waals surface area contributed by atoms with Crippen LogP contribution in [0.5, 0.6) is 5.75 Å². The van der Waals surface area contributed by atoms with Gasteiger partial charge in [-0.3, -0.25) is 0 Å². The van der Waals surface area contributed by atoms with Crippen molar-refractivity contribution >= 4 is 17.6 Å². The first-order valence-corrected chi connectivity index (χ1v) is 5.77. The van der Waals surface area contributed by atoms with E-state index in [9.17, 15) is 9.18 Å². The van der Waals surface area contributed by atoms with Crippen molar-refractivity contribution in [2.24, 2.45) is 0 Å². The van der Waals surface area contributed by atoms with E-state index in [0.29, 0.717) is 21.9 Å². The summed E-state index contributed by atoms with van der Waals surface area (Å²) >= 11 is 6.05. The molecule has 0 atom stereocenters. The molecule has 5 heteroatoms. The van der Waals surface area contributed by atoms with Crippen LogP contribution < -0.4 is 4.74 Å². The molecule has 0 saturated heterocycles. The third-order valence-electron chi connectivity index (χ3n) is 2.67. The van der Waals surface area contributed by atoms with Crippen LogP contribution in [-0.2, 0) is 0 Å². The molecule has 0 aliphatic rings. The van der Waals surface area contributed by atoms with E-state index in [4.69, 9.17) is 21.4 Å². The van der Waals surface area contributed by atoms with Gasteiger partial charge in [-0.25, -0.2) is 9.18 Å². The van der Waals surface area contributed by atoms with Crippen LogP contribution in [0.4, 0.5) is 4.39 Å². The molecule has 2 rings (SSSR count). The molecular weight excluding hydrogens is 271 g/mol. The predicted molar refractivity (Wildman–Crippen MR) is 70.4 cm³/mol. The Hall–Kier alpha value is -2.07. The molecule has 0 aliphatic heterocycles. The number of carboxylic acids is 1. The molecule has 0 amide bonds. The number of aromatic carboxylic acids is 1. The largest absolute Gasteiger partial charge is 0.496 e. The summed E-state index contributed by atoms with van der Waals surface area (Å²) in [5, 5.41) is 9.31. The van der Waals surface area contributed by atoms with Crippen molar-refractivity contribution < 1.29 is 19.0 Å². The van der Waals surface area contributed by atoms with E-state index < -0.39 is 11.8 Å². The van der Waals surface area contributed by atoms with Crippen LogP contribution >= 0.6 is 11.6 Å². The van der Waals surface area contributed by atoms with Crippen LogP contribution in [0.15, 0.2) is 36.4 Å². The van der Waals surface area contributed by atoms with Gasteiger partial charge < -0.3 is 9.84 Å². The molecule has 0 heterocycles. The van der Waals surface area contributed by atoms with Crippen molar-refractivity contribution in [3.8, 4) is 16.9 Å². The quantitative estimate of drug-likeness (QED) is 0.929. The number of carbonyl (C=O) groups is 1. The highest BCUT2D eigenvalue weighted by molar-refractivity contribution is 6.33. The summed E-state index contributed by atoms with van der Waals surface area (Å²) in [6, 6.07) is 8.23. The number of hydrogen-bond acceptors (Lipinski definition) is 2. The van der Waals surface area contributed by atoms with Gasteiger partial charge >= 0.3 is 5.97 Å². The van der Waals surface area contributed by atoms with Crippen LogP contribution in [0, 0.1) is 5.82 Å². The summed E-state index contributed by atoms with van der Waals surface area (Å²) in [4.78, 5) is 11.0. The van der Waals surface area contributed by atoms with Gasteiger partial charge in [0.1, 0.15) is 11.6 Å². The number of ether oxygens (including phenoxy) is 1. The van der Waals surface area contributed by atoms with Gasteiger partial charge in [-0.05, 0) is 36.4 Å². The third kappa shape index (κ3) is 2.69. The number of rotatable bonds is 3. The molecule has 0 aliphatic carbocycles. The van der Waals surface area contributed by atoms with E-state index in [2.05, 4.69) is 0 Å². The van der Waals surface area contributed by atoms with Crippen LogP contribution in [0.25, 0.3) is 11.1 Å². The van der Waals surface area contributed by atoms with Gasteiger partial charge in [-0.1, -0.05) is 11.6 Å². The van der Waals surface area contributed by atoms with Crippen LogP contribution in [-0.4, -0.2) is 18.2 Å². The zero-order valence-electron chi connectivity index (χ0n) is 9.98. The molecule has 3 nitrogen and oxygen atoms in total. The molecule has 2 aromatic rings. The topological polar surface area (TPSA) is 46.5 Å². The molecule has 0 radical (unpaired) electrons. The maximum Gasteiger partial charge on any atom is 0.335 e.